The second-order valence-corrected chi connectivity index (χ2v) is 2.96. The lowest BCUT2D eigenvalue weighted by Crippen LogP contribution is -2.10. The molecule has 2 heterocycles. The van der Waals surface area contributed by atoms with Gasteiger partial charge in [0.1, 0.15) is 10.7 Å². The summed E-state index contributed by atoms with van der Waals surface area (Å²) < 4.78 is 1.47. The summed E-state index contributed by atoms with van der Waals surface area (Å²) in [6.45, 7) is 5.82. The first kappa shape index (κ1) is 10.8. The largest absolute Gasteiger partial charge is 0.310 e. The number of H-pyrrole nitrogens is 1. The molecule has 0 radical (unpaired) electrons. The molecule has 2 rings (SSSR count). The van der Waals surface area contributed by atoms with E-state index in [1.54, 1.807) is 12.4 Å². The van der Waals surface area contributed by atoms with Crippen molar-refractivity contribution < 1.29 is 0 Å². The van der Waals surface area contributed by atoms with Crippen molar-refractivity contribution in [1.29, 1.82) is 0 Å². The highest BCUT2D eigenvalue weighted by atomic mass is 35.5. The molecule has 5 heteroatoms. The number of halogens is 1. The molecule has 0 fully saturated rings. The molecule has 2 aromatic heterocycles. The Hall–Kier alpha value is -1.29. The topological polar surface area (TPSA) is 50.2 Å². The Morgan fingerprint density at radius 2 is 2.14 bits per heavy atom. The fraction of sp³-hybridized carbons (Fsp3) is 0.333. The molecule has 2 aromatic rings. The van der Waals surface area contributed by atoms with Crippen molar-refractivity contribution in [2.75, 3.05) is 0 Å². The van der Waals surface area contributed by atoms with E-state index in [0.717, 1.165) is 5.56 Å². The highest BCUT2D eigenvalue weighted by Crippen LogP contribution is 2.06. The summed E-state index contributed by atoms with van der Waals surface area (Å²) in [4.78, 5) is 13.8. The summed E-state index contributed by atoms with van der Waals surface area (Å²) in [6.07, 6.45) is 3.19. The van der Waals surface area contributed by atoms with Crippen LogP contribution in [0.2, 0.25) is 5.15 Å². The fourth-order valence-corrected chi connectivity index (χ4v) is 1.31. The van der Waals surface area contributed by atoms with Gasteiger partial charge >= 0.3 is 0 Å². The molecule has 0 aliphatic heterocycles. The number of nitrogens with one attached hydrogen (secondary N) is 1. The van der Waals surface area contributed by atoms with Crippen LogP contribution in [0.3, 0.4) is 0 Å². The van der Waals surface area contributed by atoms with Crippen molar-refractivity contribution in [3.63, 3.8) is 0 Å². The third-order valence-corrected chi connectivity index (χ3v) is 1.85. The van der Waals surface area contributed by atoms with Crippen molar-refractivity contribution >= 4 is 17.1 Å². The van der Waals surface area contributed by atoms with Gasteiger partial charge in [-0.3, -0.25) is 4.79 Å². The summed E-state index contributed by atoms with van der Waals surface area (Å²) in [5.74, 6) is 0. The van der Waals surface area contributed by atoms with Crippen LogP contribution >= 0.6 is 11.6 Å². The highest BCUT2D eigenvalue weighted by molar-refractivity contribution is 6.29. The Morgan fingerprint density at radius 3 is 2.79 bits per heavy atom. The minimum absolute atomic E-state index is 0.211. The van der Waals surface area contributed by atoms with E-state index < -0.39 is 0 Å². The quantitative estimate of drug-likeness (QED) is 0.728. The molecule has 0 aliphatic carbocycles. The third-order valence-electron chi connectivity index (χ3n) is 1.66. The van der Waals surface area contributed by atoms with Gasteiger partial charge in [-0.25, -0.2) is 4.52 Å². The summed E-state index contributed by atoms with van der Waals surface area (Å²) in [5, 5.41) is 4.24. The average Bonchev–Trinajstić information content (AvgIpc) is 2.51. The maximum Gasteiger partial charge on any atom is 0.275 e. The van der Waals surface area contributed by atoms with Crippen molar-refractivity contribution in [3.05, 3.63) is 33.5 Å². The van der Waals surface area contributed by atoms with Gasteiger partial charge in [-0.15, -0.1) is 0 Å². The van der Waals surface area contributed by atoms with Crippen molar-refractivity contribution in [3.8, 4) is 0 Å². The summed E-state index contributed by atoms with van der Waals surface area (Å²) in [5.41, 5.74) is 1.17. The van der Waals surface area contributed by atoms with E-state index in [4.69, 9.17) is 11.6 Å². The van der Waals surface area contributed by atoms with Crippen LogP contribution in [0.1, 0.15) is 19.4 Å². The van der Waals surface area contributed by atoms with E-state index in [9.17, 15) is 4.79 Å². The number of rotatable bonds is 0. The minimum Gasteiger partial charge on any atom is -0.310 e. The predicted molar refractivity (Wildman–Crippen MR) is 56.9 cm³/mol. The van der Waals surface area contributed by atoms with E-state index in [-0.39, 0.29) is 10.7 Å². The lowest BCUT2D eigenvalue weighted by Gasteiger charge is -1.93. The van der Waals surface area contributed by atoms with Crippen LogP contribution in [0, 0.1) is 6.92 Å². The Morgan fingerprint density at radius 1 is 1.50 bits per heavy atom. The first-order valence-corrected chi connectivity index (χ1v) is 4.79. The predicted octanol–water partition coefficient (Wildman–Crippen LogP) is 2.01. The third kappa shape index (κ3) is 1.80. The van der Waals surface area contributed by atoms with E-state index >= 15 is 0 Å². The molecule has 0 unspecified atom stereocenters. The van der Waals surface area contributed by atoms with Crippen molar-refractivity contribution in [1.82, 2.24) is 14.6 Å². The first-order valence-electron chi connectivity index (χ1n) is 4.41. The number of nitrogens with zero attached hydrogens (tertiary/aromatic N) is 2. The SMILES string of the molecule is CC.Cc1cnn2cc(Cl)[nH]c(=O)c12. The van der Waals surface area contributed by atoms with E-state index in [1.807, 2.05) is 20.8 Å². The van der Waals surface area contributed by atoms with Crippen molar-refractivity contribution in [2.45, 2.75) is 20.8 Å². The fourth-order valence-electron chi connectivity index (χ4n) is 1.14. The molecule has 76 valence electrons. The van der Waals surface area contributed by atoms with E-state index in [2.05, 4.69) is 10.1 Å². The minimum atomic E-state index is -0.211. The molecule has 1 N–H and O–H groups in total. The van der Waals surface area contributed by atoms with Crippen LogP contribution in [0.5, 0.6) is 0 Å². The number of aryl methyl sites for hydroxylation is 1. The second kappa shape index (κ2) is 4.28. The van der Waals surface area contributed by atoms with Gasteiger partial charge in [-0.05, 0) is 6.92 Å². The lowest BCUT2D eigenvalue weighted by atomic mass is 10.3. The Balaban J connectivity index is 0.000000461. The van der Waals surface area contributed by atoms with Gasteiger partial charge in [-0.2, -0.15) is 5.10 Å². The zero-order chi connectivity index (χ0) is 10.7. The molecule has 4 nitrogen and oxygen atoms in total. The zero-order valence-corrected chi connectivity index (χ0v) is 9.09. The van der Waals surface area contributed by atoms with Crippen LogP contribution in [-0.2, 0) is 0 Å². The average molecular weight is 214 g/mol. The molecule has 0 saturated heterocycles. The molecule has 0 bridgehead atoms. The van der Waals surface area contributed by atoms with Crippen LogP contribution < -0.4 is 5.56 Å². The number of aromatic nitrogens is 3. The van der Waals surface area contributed by atoms with Crippen LogP contribution in [0.4, 0.5) is 0 Å². The monoisotopic (exact) mass is 213 g/mol. The van der Waals surface area contributed by atoms with Gasteiger partial charge in [0.05, 0.1) is 12.4 Å². The molecule has 0 atom stereocenters. The maximum absolute atomic E-state index is 11.3. The number of hydrogen-bond acceptors (Lipinski definition) is 2. The first-order chi connectivity index (χ1) is 6.68. The molecule has 0 aliphatic rings. The Kier molecular flexibility index (Phi) is 3.30. The van der Waals surface area contributed by atoms with Gasteiger partial charge in [0.25, 0.3) is 5.56 Å². The van der Waals surface area contributed by atoms with Crippen LogP contribution in [-0.4, -0.2) is 14.6 Å². The Bertz CT molecular complexity index is 486. The van der Waals surface area contributed by atoms with Gasteiger partial charge < -0.3 is 4.98 Å². The molecule has 14 heavy (non-hydrogen) atoms. The summed E-state index contributed by atoms with van der Waals surface area (Å²) >= 11 is 5.62. The van der Waals surface area contributed by atoms with Gasteiger partial charge in [0.2, 0.25) is 0 Å². The van der Waals surface area contributed by atoms with Gasteiger partial charge in [0.15, 0.2) is 0 Å². The lowest BCUT2D eigenvalue weighted by molar-refractivity contribution is 0.936. The molecule has 0 amide bonds. The summed E-state index contributed by atoms with van der Waals surface area (Å²) in [7, 11) is 0. The standard InChI is InChI=1S/C7H6ClN3O.C2H6/c1-4-2-9-11-3-5(8)10-7(12)6(4)11;1-2/h2-3H,1H3,(H,10,12);1-2H3. The second-order valence-electron chi connectivity index (χ2n) is 2.55. The smallest absolute Gasteiger partial charge is 0.275 e. The molecule has 0 spiro atoms. The zero-order valence-electron chi connectivity index (χ0n) is 8.34. The molecular weight excluding hydrogens is 202 g/mol. The van der Waals surface area contributed by atoms with Crippen molar-refractivity contribution in [2.24, 2.45) is 0 Å². The maximum atomic E-state index is 11.3. The highest BCUT2D eigenvalue weighted by Gasteiger charge is 2.04. The molecular formula is C9H12ClN3O. The van der Waals surface area contributed by atoms with Gasteiger partial charge in [0, 0.05) is 5.56 Å². The Labute approximate surface area is 86.5 Å². The number of aromatic amines is 1. The van der Waals surface area contributed by atoms with Crippen LogP contribution in [0.25, 0.3) is 5.52 Å². The summed E-state index contributed by atoms with van der Waals surface area (Å²) in [6, 6.07) is 0. The normalized spacial score (nSPS) is 9.71. The van der Waals surface area contributed by atoms with E-state index in [0.29, 0.717) is 5.52 Å². The van der Waals surface area contributed by atoms with Crippen LogP contribution in [0.15, 0.2) is 17.2 Å². The number of fused-ring (bicyclic) bond motifs is 1. The number of hydrogen-bond donors (Lipinski definition) is 1. The van der Waals surface area contributed by atoms with E-state index in [1.165, 1.54) is 4.52 Å². The molecule has 0 saturated carbocycles. The molecule has 0 aromatic carbocycles. The van der Waals surface area contributed by atoms with Gasteiger partial charge in [-0.1, -0.05) is 25.4 Å².